The third-order valence-electron chi connectivity index (χ3n) is 2.98. The molecule has 3 nitrogen and oxygen atoms in total. The molecule has 0 saturated heterocycles. The van der Waals surface area contributed by atoms with Crippen molar-refractivity contribution < 1.29 is 4.79 Å². The fourth-order valence-corrected chi connectivity index (χ4v) is 2.01. The van der Waals surface area contributed by atoms with E-state index >= 15 is 0 Å². The van der Waals surface area contributed by atoms with Crippen LogP contribution in [0.25, 0.3) is 0 Å². The van der Waals surface area contributed by atoms with Crippen LogP contribution in [0.4, 0.5) is 5.69 Å². The summed E-state index contributed by atoms with van der Waals surface area (Å²) in [6.45, 7) is 7.90. The number of para-hydroxylation sites is 1. The first kappa shape index (κ1) is 17.8. The lowest BCUT2D eigenvalue weighted by molar-refractivity contribution is -0.131. The first-order chi connectivity index (χ1) is 8.54. The molecule has 2 N–H and O–H groups in total. The molecule has 1 amide bonds. The number of nitrogens with two attached hydrogens (primary N) is 1. The zero-order valence-corrected chi connectivity index (χ0v) is 12.9. The van der Waals surface area contributed by atoms with Gasteiger partial charge in [0.1, 0.15) is 0 Å². The summed E-state index contributed by atoms with van der Waals surface area (Å²) in [6, 6.07) is 7.74. The van der Waals surface area contributed by atoms with Crippen LogP contribution in [-0.2, 0) is 11.2 Å². The van der Waals surface area contributed by atoms with Crippen molar-refractivity contribution in [2.45, 2.75) is 33.6 Å². The lowest BCUT2D eigenvalue weighted by Gasteiger charge is -2.23. The minimum Gasteiger partial charge on any atom is -0.399 e. The molecular weight excluding hydrogens is 260 g/mol. The van der Waals surface area contributed by atoms with Crippen molar-refractivity contribution in [3.8, 4) is 0 Å². The Kier molecular flexibility index (Phi) is 8.24. The lowest BCUT2D eigenvalue weighted by atomic mass is 10.1. The van der Waals surface area contributed by atoms with Crippen LogP contribution in [0.2, 0.25) is 0 Å². The molecule has 0 saturated carbocycles. The summed E-state index contributed by atoms with van der Waals surface area (Å²) in [6.07, 6.45) is 1.26. The Bertz CT molecular complexity index is 393. The first-order valence-electron chi connectivity index (χ1n) is 6.65. The minimum absolute atomic E-state index is 0. The van der Waals surface area contributed by atoms with Gasteiger partial charge in [-0.3, -0.25) is 4.79 Å². The van der Waals surface area contributed by atoms with Crippen molar-refractivity contribution in [2.75, 3.05) is 18.8 Å². The number of aryl methyl sites for hydroxylation is 1. The fourth-order valence-electron chi connectivity index (χ4n) is 2.01. The number of anilines is 1. The molecule has 0 fully saturated rings. The zero-order valence-electron chi connectivity index (χ0n) is 12.1. The van der Waals surface area contributed by atoms with Crippen LogP contribution in [-0.4, -0.2) is 23.9 Å². The van der Waals surface area contributed by atoms with Gasteiger partial charge in [0.15, 0.2) is 0 Å². The number of nitrogens with zero attached hydrogens (tertiary/aromatic N) is 1. The number of benzene rings is 1. The second-order valence-corrected chi connectivity index (χ2v) is 5.03. The second-order valence-electron chi connectivity index (χ2n) is 5.03. The SMILES string of the molecule is CCN(CC(C)C)C(=O)CCc1ccccc1N.Cl. The summed E-state index contributed by atoms with van der Waals surface area (Å²) < 4.78 is 0. The fraction of sp³-hybridized carbons (Fsp3) is 0.533. The van der Waals surface area contributed by atoms with Crippen molar-refractivity contribution in [2.24, 2.45) is 5.92 Å². The maximum atomic E-state index is 12.1. The van der Waals surface area contributed by atoms with E-state index in [4.69, 9.17) is 5.73 Å². The van der Waals surface area contributed by atoms with E-state index in [1.807, 2.05) is 36.1 Å². The monoisotopic (exact) mass is 284 g/mol. The number of carbonyl (C=O) groups is 1. The molecule has 0 aromatic heterocycles. The Hall–Kier alpha value is -1.22. The Morgan fingerprint density at radius 3 is 2.47 bits per heavy atom. The van der Waals surface area contributed by atoms with E-state index in [0.717, 1.165) is 30.8 Å². The predicted molar refractivity (Wildman–Crippen MR) is 83.5 cm³/mol. The van der Waals surface area contributed by atoms with Crippen molar-refractivity contribution in [1.82, 2.24) is 4.90 Å². The lowest BCUT2D eigenvalue weighted by Crippen LogP contribution is -2.34. The van der Waals surface area contributed by atoms with Crippen LogP contribution in [0.1, 0.15) is 32.8 Å². The number of carbonyl (C=O) groups excluding carboxylic acids is 1. The van der Waals surface area contributed by atoms with Gasteiger partial charge in [-0.25, -0.2) is 0 Å². The molecule has 0 bridgehead atoms. The molecule has 0 aliphatic carbocycles. The van der Waals surface area contributed by atoms with Gasteiger partial charge in [0.2, 0.25) is 5.91 Å². The second kappa shape index (κ2) is 8.81. The van der Waals surface area contributed by atoms with Gasteiger partial charge in [0, 0.05) is 25.2 Å². The molecule has 0 spiro atoms. The summed E-state index contributed by atoms with van der Waals surface area (Å²) in [5, 5.41) is 0. The Morgan fingerprint density at radius 1 is 1.32 bits per heavy atom. The molecular formula is C15H25ClN2O. The van der Waals surface area contributed by atoms with Crippen molar-refractivity contribution >= 4 is 24.0 Å². The molecule has 19 heavy (non-hydrogen) atoms. The third kappa shape index (κ3) is 5.97. The summed E-state index contributed by atoms with van der Waals surface area (Å²) in [7, 11) is 0. The Balaban J connectivity index is 0.00000324. The van der Waals surface area contributed by atoms with E-state index in [0.29, 0.717) is 12.3 Å². The number of nitrogen functional groups attached to an aromatic ring is 1. The highest BCUT2D eigenvalue weighted by atomic mass is 35.5. The van der Waals surface area contributed by atoms with E-state index in [2.05, 4.69) is 13.8 Å². The average Bonchev–Trinajstić information content (AvgIpc) is 2.34. The Morgan fingerprint density at radius 2 is 1.95 bits per heavy atom. The molecule has 0 heterocycles. The highest BCUT2D eigenvalue weighted by Gasteiger charge is 2.13. The number of halogens is 1. The predicted octanol–water partition coefficient (Wildman–Crippen LogP) is 3.13. The highest BCUT2D eigenvalue weighted by molar-refractivity contribution is 5.85. The topological polar surface area (TPSA) is 46.3 Å². The number of rotatable bonds is 6. The van der Waals surface area contributed by atoms with Gasteiger partial charge >= 0.3 is 0 Å². The smallest absolute Gasteiger partial charge is 0.222 e. The third-order valence-corrected chi connectivity index (χ3v) is 2.98. The molecule has 1 aromatic rings. The largest absolute Gasteiger partial charge is 0.399 e. The maximum absolute atomic E-state index is 12.1. The summed E-state index contributed by atoms with van der Waals surface area (Å²) in [5.41, 5.74) is 7.71. The highest BCUT2D eigenvalue weighted by Crippen LogP contribution is 2.13. The molecule has 1 rings (SSSR count). The van der Waals surface area contributed by atoms with Crippen LogP contribution in [0.5, 0.6) is 0 Å². The van der Waals surface area contributed by atoms with Gasteiger partial charge in [-0.05, 0) is 30.9 Å². The van der Waals surface area contributed by atoms with Crippen LogP contribution in [0, 0.1) is 5.92 Å². The van der Waals surface area contributed by atoms with Crippen LogP contribution in [0.3, 0.4) is 0 Å². The van der Waals surface area contributed by atoms with E-state index in [9.17, 15) is 4.79 Å². The molecule has 1 aromatic carbocycles. The number of hydrogen-bond acceptors (Lipinski definition) is 2. The number of amides is 1. The van der Waals surface area contributed by atoms with Crippen molar-refractivity contribution in [3.05, 3.63) is 29.8 Å². The van der Waals surface area contributed by atoms with Crippen molar-refractivity contribution in [1.29, 1.82) is 0 Å². The van der Waals surface area contributed by atoms with Crippen LogP contribution >= 0.6 is 12.4 Å². The minimum atomic E-state index is 0. The van der Waals surface area contributed by atoms with Gasteiger partial charge in [0.25, 0.3) is 0 Å². The van der Waals surface area contributed by atoms with Crippen LogP contribution < -0.4 is 5.73 Å². The van der Waals surface area contributed by atoms with Crippen molar-refractivity contribution in [3.63, 3.8) is 0 Å². The van der Waals surface area contributed by atoms with E-state index < -0.39 is 0 Å². The van der Waals surface area contributed by atoms with Gasteiger partial charge in [0.05, 0.1) is 0 Å². The van der Waals surface area contributed by atoms with Gasteiger partial charge < -0.3 is 10.6 Å². The first-order valence-corrected chi connectivity index (χ1v) is 6.65. The maximum Gasteiger partial charge on any atom is 0.222 e. The average molecular weight is 285 g/mol. The van der Waals surface area contributed by atoms with Gasteiger partial charge in [-0.15, -0.1) is 12.4 Å². The quantitative estimate of drug-likeness (QED) is 0.816. The molecule has 108 valence electrons. The zero-order chi connectivity index (χ0) is 13.5. The molecule has 4 heteroatoms. The molecule has 0 radical (unpaired) electrons. The standard InChI is InChI=1S/C15H24N2O.ClH/c1-4-17(11-12(2)3)15(18)10-9-13-7-5-6-8-14(13)16;/h5-8,12H,4,9-11,16H2,1-3H3;1H. The van der Waals surface area contributed by atoms with Crippen LogP contribution in [0.15, 0.2) is 24.3 Å². The molecule has 0 unspecified atom stereocenters. The summed E-state index contributed by atoms with van der Waals surface area (Å²) >= 11 is 0. The molecule has 0 atom stereocenters. The molecule has 0 aliphatic rings. The van der Waals surface area contributed by atoms with E-state index in [1.165, 1.54) is 0 Å². The Labute approximate surface area is 122 Å². The molecule has 0 aliphatic heterocycles. The normalized spacial score (nSPS) is 10.1. The van der Waals surface area contributed by atoms with Gasteiger partial charge in [-0.1, -0.05) is 32.0 Å². The van der Waals surface area contributed by atoms with Gasteiger partial charge in [-0.2, -0.15) is 0 Å². The number of hydrogen-bond donors (Lipinski definition) is 1. The van der Waals surface area contributed by atoms with E-state index in [1.54, 1.807) is 0 Å². The van der Waals surface area contributed by atoms with E-state index in [-0.39, 0.29) is 18.3 Å². The summed E-state index contributed by atoms with van der Waals surface area (Å²) in [5.74, 6) is 0.727. The summed E-state index contributed by atoms with van der Waals surface area (Å²) in [4.78, 5) is 14.0.